The number of amides is 1. The van der Waals surface area contributed by atoms with E-state index in [0.29, 0.717) is 24.6 Å². The van der Waals surface area contributed by atoms with Crippen LogP contribution in [-0.2, 0) is 34.4 Å². The molecule has 4 rings (SSSR count). The maximum absolute atomic E-state index is 12.4. The van der Waals surface area contributed by atoms with Crippen LogP contribution in [0.3, 0.4) is 0 Å². The number of nitrogens with one attached hydrogen (secondary N) is 2. The lowest BCUT2D eigenvalue weighted by molar-refractivity contribution is -0.120. The van der Waals surface area contributed by atoms with Crippen molar-refractivity contribution in [1.82, 2.24) is 10.3 Å². The van der Waals surface area contributed by atoms with Crippen molar-refractivity contribution in [3.05, 3.63) is 107 Å². The molecule has 0 spiro atoms. The summed E-state index contributed by atoms with van der Waals surface area (Å²) in [5.74, 6) is 0.574. The van der Waals surface area contributed by atoms with Gasteiger partial charge < -0.3 is 10.1 Å². The first-order chi connectivity index (χ1) is 16.5. The van der Waals surface area contributed by atoms with Crippen LogP contribution >= 0.6 is 11.3 Å². The highest BCUT2D eigenvalue weighted by Gasteiger charge is 2.15. The highest BCUT2D eigenvalue weighted by Crippen LogP contribution is 2.20. The van der Waals surface area contributed by atoms with Gasteiger partial charge in [0.25, 0.3) is 10.0 Å². The summed E-state index contributed by atoms with van der Waals surface area (Å²) >= 11 is 1.15. The van der Waals surface area contributed by atoms with Crippen molar-refractivity contribution in [2.45, 2.75) is 23.8 Å². The molecule has 0 radical (unpaired) electrons. The summed E-state index contributed by atoms with van der Waals surface area (Å²) in [5.41, 5.74) is 2.99. The van der Waals surface area contributed by atoms with Crippen LogP contribution in [0.2, 0.25) is 0 Å². The van der Waals surface area contributed by atoms with E-state index in [1.165, 1.54) is 0 Å². The SMILES string of the molecule is O=C(Cc1ccc(NS(=O)(=O)c2cccs2)cc1)NCc1cccc(OCc2ccccn2)c1. The standard InChI is InChI=1S/C25H23N3O4S2/c29-24(16-19-9-11-21(12-10-19)28-34(30,31)25-8-4-14-33-25)27-17-20-5-3-7-23(15-20)32-18-22-6-1-2-13-26-22/h1-15,28H,16-18H2,(H,27,29). The zero-order valence-corrected chi connectivity index (χ0v) is 19.8. The van der Waals surface area contributed by atoms with E-state index in [2.05, 4.69) is 15.0 Å². The number of thiophene rings is 1. The number of rotatable bonds is 10. The van der Waals surface area contributed by atoms with Crippen molar-refractivity contribution >= 4 is 33.0 Å². The van der Waals surface area contributed by atoms with Crippen molar-refractivity contribution in [2.75, 3.05) is 4.72 Å². The summed E-state index contributed by atoms with van der Waals surface area (Å²) in [6.07, 6.45) is 1.91. The van der Waals surface area contributed by atoms with E-state index in [1.807, 2.05) is 42.5 Å². The Morgan fingerprint density at radius 3 is 2.53 bits per heavy atom. The van der Waals surface area contributed by atoms with Gasteiger partial charge in [-0.25, -0.2) is 8.42 Å². The lowest BCUT2D eigenvalue weighted by Gasteiger charge is -2.10. The van der Waals surface area contributed by atoms with E-state index >= 15 is 0 Å². The first-order valence-electron chi connectivity index (χ1n) is 10.5. The Labute approximate surface area is 202 Å². The topological polar surface area (TPSA) is 97.4 Å². The van der Waals surface area contributed by atoms with Gasteiger partial charge in [0, 0.05) is 18.4 Å². The highest BCUT2D eigenvalue weighted by molar-refractivity contribution is 7.94. The van der Waals surface area contributed by atoms with Crippen molar-refractivity contribution < 1.29 is 17.9 Å². The molecule has 2 N–H and O–H groups in total. The number of ether oxygens (including phenoxy) is 1. The Balaban J connectivity index is 1.26. The molecule has 0 saturated carbocycles. The quantitative estimate of drug-likeness (QED) is 0.342. The Hall–Kier alpha value is -3.69. The first-order valence-corrected chi connectivity index (χ1v) is 12.9. The molecule has 2 aromatic carbocycles. The number of carbonyl (C=O) groups excluding carboxylic acids is 1. The normalized spacial score (nSPS) is 11.1. The summed E-state index contributed by atoms with van der Waals surface area (Å²) in [5, 5.41) is 4.61. The van der Waals surface area contributed by atoms with Crippen LogP contribution < -0.4 is 14.8 Å². The molecular weight excluding hydrogens is 470 g/mol. The molecule has 0 saturated heterocycles. The highest BCUT2D eigenvalue weighted by atomic mass is 32.2. The van der Waals surface area contributed by atoms with Crippen molar-refractivity contribution in [3.8, 4) is 5.75 Å². The largest absolute Gasteiger partial charge is 0.487 e. The summed E-state index contributed by atoms with van der Waals surface area (Å²) in [7, 11) is -3.59. The van der Waals surface area contributed by atoms with Crippen LogP contribution in [0.4, 0.5) is 5.69 Å². The molecule has 0 aliphatic rings. The third kappa shape index (κ3) is 6.66. The average Bonchev–Trinajstić information content (AvgIpc) is 3.40. The molecule has 2 aromatic heterocycles. The molecule has 0 atom stereocenters. The third-order valence-electron chi connectivity index (χ3n) is 4.83. The van der Waals surface area contributed by atoms with Crippen LogP contribution in [0.5, 0.6) is 5.75 Å². The molecule has 4 aromatic rings. The minimum atomic E-state index is -3.59. The molecule has 174 valence electrons. The van der Waals surface area contributed by atoms with Gasteiger partial charge in [0.05, 0.1) is 12.1 Å². The van der Waals surface area contributed by atoms with Crippen LogP contribution in [0, 0.1) is 0 Å². The predicted molar refractivity (Wildman–Crippen MR) is 132 cm³/mol. The number of carbonyl (C=O) groups is 1. The average molecular weight is 494 g/mol. The summed E-state index contributed by atoms with van der Waals surface area (Å²) in [6.45, 7) is 0.744. The summed E-state index contributed by atoms with van der Waals surface area (Å²) in [6, 6.07) is 23.2. The number of benzene rings is 2. The van der Waals surface area contributed by atoms with Gasteiger partial charge in [-0.3, -0.25) is 14.5 Å². The van der Waals surface area contributed by atoms with Crippen LogP contribution in [0.15, 0.2) is 94.6 Å². The van der Waals surface area contributed by atoms with Gasteiger partial charge in [-0.1, -0.05) is 36.4 Å². The number of hydrogen-bond acceptors (Lipinski definition) is 6. The number of anilines is 1. The minimum absolute atomic E-state index is 0.133. The lowest BCUT2D eigenvalue weighted by atomic mass is 10.1. The zero-order chi connectivity index (χ0) is 23.8. The fraction of sp³-hybridized carbons (Fsp3) is 0.120. The van der Waals surface area contributed by atoms with E-state index in [4.69, 9.17) is 4.74 Å². The lowest BCUT2D eigenvalue weighted by Crippen LogP contribution is -2.24. The third-order valence-corrected chi connectivity index (χ3v) is 7.61. The maximum atomic E-state index is 12.4. The van der Waals surface area contributed by atoms with E-state index in [1.54, 1.807) is 48.0 Å². The maximum Gasteiger partial charge on any atom is 0.271 e. The van der Waals surface area contributed by atoms with Gasteiger partial charge in [-0.05, 0) is 59.0 Å². The molecule has 9 heteroatoms. The minimum Gasteiger partial charge on any atom is -0.487 e. The van der Waals surface area contributed by atoms with Crippen LogP contribution in [-0.4, -0.2) is 19.3 Å². The fourth-order valence-corrected chi connectivity index (χ4v) is 5.20. The fourth-order valence-electron chi connectivity index (χ4n) is 3.15. The second kappa shape index (κ2) is 11.0. The number of hydrogen-bond donors (Lipinski definition) is 2. The van der Waals surface area contributed by atoms with E-state index in [0.717, 1.165) is 28.2 Å². The smallest absolute Gasteiger partial charge is 0.271 e. The summed E-state index contributed by atoms with van der Waals surface area (Å²) < 4.78 is 33.2. The van der Waals surface area contributed by atoms with Gasteiger partial charge in [-0.2, -0.15) is 0 Å². The monoisotopic (exact) mass is 493 g/mol. The van der Waals surface area contributed by atoms with E-state index in [9.17, 15) is 13.2 Å². The van der Waals surface area contributed by atoms with Gasteiger partial charge in [0.2, 0.25) is 5.91 Å². The molecule has 0 aliphatic carbocycles. The molecule has 0 fully saturated rings. The zero-order valence-electron chi connectivity index (χ0n) is 18.2. The van der Waals surface area contributed by atoms with E-state index < -0.39 is 10.0 Å². The number of aromatic nitrogens is 1. The summed E-state index contributed by atoms with van der Waals surface area (Å²) in [4.78, 5) is 16.6. The second-order valence-electron chi connectivity index (χ2n) is 7.45. The molecule has 0 aliphatic heterocycles. The van der Waals surface area contributed by atoms with Gasteiger partial charge in [0.15, 0.2) is 0 Å². The van der Waals surface area contributed by atoms with Crippen LogP contribution in [0.1, 0.15) is 16.8 Å². The number of sulfonamides is 1. The van der Waals surface area contributed by atoms with Gasteiger partial charge in [0.1, 0.15) is 16.6 Å². The van der Waals surface area contributed by atoms with Crippen molar-refractivity contribution in [3.63, 3.8) is 0 Å². The first kappa shape index (κ1) is 23.5. The Bertz CT molecular complexity index is 1320. The molecule has 0 bridgehead atoms. The van der Waals surface area contributed by atoms with Crippen molar-refractivity contribution in [1.29, 1.82) is 0 Å². The molecule has 2 heterocycles. The van der Waals surface area contributed by atoms with Gasteiger partial charge >= 0.3 is 0 Å². The molecule has 34 heavy (non-hydrogen) atoms. The number of nitrogens with zero attached hydrogens (tertiary/aromatic N) is 1. The molecule has 0 unspecified atom stereocenters. The Kier molecular flexibility index (Phi) is 7.56. The predicted octanol–water partition coefficient (Wildman–Crippen LogP) is 4.38. The second-order valence-corrected chi connectivity index (χ2v) is 10.3. The Morgan fingerprint density at radius 2 is 1.79 bits per heavy atom. The molecule has 1 amide bonds. The van der Waals surface area contributed by atoms with E-state index in [-0.39, 0.29) is 16.5 Å². The van der Waals surface area contributed by atoms with Gasteiger partial charge in [-0.15, -0.1) is 11.3 Å². The molecular formula is C25H23N3O4S2. The number of pyridine rings is 1. The van der Waals surface area contributed by atoms with Crippen LogP contribution in [0.25, 0.3) is 0 Å². The molecule has 7 nitrogen and oxygen atoms in total. The van der Waals surface area contributed by atoms with Crippen molar-refractivity contribution in [2.24, 2.45) is 0 Å². The Morgan fingerprint density at radius 1 is 0.941 bits per heavy atom.